The van der Waals surface area contributed by atoms with Crippen molar-refractivity contribution < 1.29 is 14.6 Å². The first kappa shape index (κ1) is 10.2. The molecule has 15 heavy (non-hydrogen) atoms. The fourth-order valence-electron chi connectivity index (χ4n) is 1.41. The van der Waals surface area contributed by atoms with Gasteiger partial charge in [-0.3, -0.25) is 0 Å². The van der Waals surface area contributed by atoms with Crippen LogP contribution in [-0.4, -0.2) is 17.2 Å². The second-order valence-corrected chi connectivity index (χ2v) is 3.69. The quantitative estimate of drug-likeness (QED) is 0.780. The van der Waals surface area contributed by atoms with Crippen molar-refractivity contribution in [3.8, 4) is 0 Å². The molecule has 1 N–H and O–H groups in total. The molecular formula is C11H9ClO3. The summed E-state index contributed by atoms with van der Waals surface area (Å²) in [5.41, 5.74) is 0.670. The first-order valence-electron chi connectivity index (χ1n) is 4.49. The second kappa shape index (κ2) is 4.04. The van der Waals surface area contributed by atoms with E-state index in [0.29, 0.717) is 10.6 Å². The molecule has 1 heterocycles. The Hall–Kier alpha value is -1.32. The Morgan fingerprint density at radius 3 is 2.53 bits per heavy atom. The zero-order chi connectivity index (χ0) is 10.8. The van der Waals surface area contributed by atoms with Crippen molar-refractivity contribution in [1.82, 2.24) is 0 Å². The minimum absolute atomic E-state index is 0.423. The number of cyclic esters (lactones) is 1. The summed E-state index contributed by atoms with van der Waals surface area (Å²) in [5, 5.41) is 10.5. The van der Waals surface area contributed by atoms with Crippen LogP contribution in [0.3, 0.4) is 0 Å². The van der Waals surface area contributed by atoms with E-state index in [1.807, 2.05) is 0 Å². The number of esters is 1. The van der Waals surface area contributed by atoms with Crippen LogP contribution >= 0.6 is 11.6 Å². The molecule has 0 fully saturated rings. The van der Waals surface area contributed by atoms with Gasteiger partial charge in [0.1, 0.15) is 6.10 Å². The van der Waals surface area contributed by atoms with Gasteiger partial charge in [-0.1, -0.05) is 23.7 Å². The number of aliphatic hydroxyl groups excluding tert-OH is 1. The van der Waals surface area contributed by atoms with Crippen molar-refractivity contribution in [2.45, 2.75) is 12.2 Å². The molecule has 0 aromatic heterocycles. The van der Waals surface area contributed by atoms with Gasteiger partial charge in [0, 0.05) is 11.1 Å². The van der Waals surface area contributed by atoms with Crippen LogP contribution in [0.4, 0.5) is 0 Å². The number of carbonyl (C=O) groups excluding carboxylic acids is 1. The standard InChI is InChI=1S/C11H9ClO3/c12-8-3-1-7(2-4-8)11(14)9-5-6-10(13)15-9/h1-6,9,11,14H/t9-,11+/m1/s1. The number of hydrogen-bond donors (Lipinski definition) is 1. The summed E-state index contributed by atoms with van der Waals surface area (Å²) < 4.78 is 4.87. The smallest absolute Gasteiger partial charge is 0.331 e. The van der Waals surface area contributed by atoms with Crippen LogP contribution in [0.15, 0.2) is 36.4 Å². The first-order chi connectivity index (χ1) is 7.16. The number of halogens is 1. The van der Waals surface area contributed by atoms with Gasteiger partial charge in [0.2, 0.25) is 0 Å². The lowest BCUT2D eigenvalue weighted by Gasteiger charge is -2.16. The highest BCUT2D eigenvalue weighted by atomic mass is 35.5. The van der Waals surface area contributed by atoms with E-state index in [9.17, 15) is 9.90 Å². The summed E-state index contributed by atoms with van der Waals surface area (Å²) >= 11 is 5.72. The van der Waals surface area contributed by atoms with E-state index >= 15 is 0 Å². The van der Waals surface area contributed by atoms with E-state index in [0.717, 1.165) is 0 Å². The molecule has 2 atom stereocenters. The SMILES string of the molecule is O=C1C=C[C@H]([C@@H](O)c2ccc(Cl)cc2)O1. The molecule has 1 aromatic rings. The highest BCUT2D eigenvalue weighted by Gasteiger charge is 2.25. The van der Waals surface area contributed by atoms with Crippen molar-refractivity contribution >= 4 is 17.6 Å². The van der Waals surface area contributed by atoms with Gasteiger partial charge in [0.25, 0.3) is 0 Å². The molecule has 0 unspecified atom stereocenters. The fourth-order valence-corrected chi connectivity index (χ4v) is 1.53. The van der Waals surface area contributed by atoms with E-state index in [1.54, 1.807) is 30.3 Å². The van der Waals surface area contributed by atoms with Gasteiger partial charge in [-0.2, -0.15) is 0 Å². The molecule has 4 heteroatoms. The Bertz CT molecular complexity index is 397. The van der Waals surface area contributed by atoms with Crippen LogP contribution < -0.4 is 0 Å². The topological polar surface area (TPSA) is 46.5 Å². The van der Waals surface area contributed by atoms with Crippen molar-refractivity contribution in [2.75, 3.05) is 0 Å². The lowest BCUT2D eigenvalue weighted by Crippen LogP contribution is -2.18. The summed E-state index contributed by atoms with van der Waals surface area (Å²) in [7, 11) is 0. The molecule has 1 aliphatic rings. The molecule has 3 nitrogen and oxygen atoms in total. The van der Waals surface area contributed by atoms with Crippen LogP contribution in [0.5, 0.6) is 0 Å². The number of carbonyl (C=O) groups is 1. The Kier molecular flexibility index (Phi) is 2.75. The normalized spacial score (nSPS) is 21.5. The van der Waals surface area contributed by atoms with Gasteiger partial charge in [-0.25, -0.2) is 4.79 Å². The molecule has 2 rings (SSSR count). The lowest BCUT2D eigenvalue weighted by atomic mass is 10.0. The van der Waals surface area contributed by atoms with Gasteiger partial charge in [-0.05, 0) is 23.8 Å². The number of benzene rings is 1. The van der Waals surface area contributed by atoms with Gasteiger partial charge in [0.15, 0.2) is 6.10 Å². The maximum Gasteiger partial charge on any atom is 0.331 e. The molecule has 0 saturated heterocycles. The predicted octanol–water partition coefficient (Wildman–Crippen LogP) is 1.85. The Morgan fingerprint density at radius 2 is 2.00 bits per heavy atom. The highest BCUT2D eigenvalue weighted by molar-refractivity contribution is 6.30. The molecule has 0 aliphatic carbocycles. The maximum atomic E-state index is 10.8. The maximum absolute atomic E-state index is 10.8. The van der Waals surface area contributed by atoms with E-state index in [-0.39, 0.29) is 0 Å². The first-order valence-corrected chi connectivity index (χ1v) is 4.87. The van der Waals surface area contributed by atoms with Gasteiger partial charge in [0.05, 0.1) is 0 Å². The zero-order valence-electron chi connectivity index (χ0n) is 7.76. The van der Waals surface area contributed by atoms with Crippen LogP contribution in [0.1, 0.15) is 11.7 Å². The Balaban J connectivity index is 2.14. The van der Waals surface area contributed by atoms with E-state index in [1.165, 1.54) is 6.08 Å². The van der Waals surface area contributed by atoms with E-state index in [4.69, 9.17) is 16.3 Å². The van der Waals surface area contributed by atoms with E-state index < -0.39 is 18.2 Å². The van der Waals surface area contributed by atoms with Crippen LogP contribution in [0, 0.1) is 0 Å². The number of aliphatic hydroxyl groups is 1. The van der Waals surface area contributed by atoms with Crippen molar-refractivity contribution in [2.24, 2.45) is 0 Å². The van der Waals surface area contributed by atoms with Crippen LogP contribution in [0.25, 0.3) is 0 Å². The molecule has 0 bridgehead atoms. The summed E-state index contributed by atoms with van der Waals surface area (Å²) in [6.45, 7) is 0. The second-order valence-electron chi connectivity index (χ2n) is 3.26. The largest absolute Gasteiger partial charge is 0.452 e. The number of hydrogen-bond acceptors (Lipinski definition) is 3. The van der Waals surface area contributed by atoms with E-state index in [2.05, 4.69) is 0 Å². The molecular weight excluding hydrogens is 216 g/mol. The summed E-state index contributed by atoms with van der Waals surface area (Å²) in [4.78, 5) is 10.8. The molecule has 1 aromatic carbocycles. The third kappa shape index (κ3) is 2.19. The monoisotopic (exact) mass is 224 g/mol. The van der Waals surface area contributed by atoms with Crippen LogP contribution in [-0.2, 0) is 9.53 Å². The van der Waals surface area contributed by atoms with Crippen molar-refractivity contribution in [3.63, 3.8) is 0 Å². The average molecular weight is 225 g/mol. The fraction of sp³-hybridized carbons (Fsp3) is 0.182. The molecule has 0 radical (unpaired) electrons. The highest BCUT2D eigenvalue weighted by Crippen LogP contribution is 2.24. The van der Waals surface area contributed by atoms with Gasteiger partial charge in [-0.15, -0.1) is 0 Å². The van der Waals surface area contributed by atoms with Gasteiger partial charge < -0.3 is 9.84 Å². The average Bonchev–Trinajstić information content (AvgIpc) is 2.65. The molecule has 0 amide bonds. The molecule has 0 spiro atoms. The lowest BCUT2D eigenvalue weighted by molar-refractivity contribution is -0.142. The minimum Gasteiger partial charge on any atom is -0.452 e. The summed E-state index contributed by atoms with van der Waals surface area (Å²) in [6.07, 6.45) is 1.41. The molecule has 78 valence electrons. The van der Waals surface area contributed by atoms with Gasteiger partial charge >= 0.3 is 5.97 Å². The molecule has 1 aliphatic heterocycles. The number of ether oxygens (including phenoxy) is 1. The minimum atomic E-state index is -0.843. The predicted molar refractivity (Wildman–Crippen MR) is 55.4 cm³/mol. The third-order valence-electron chi connectivity index (χ3n) is 2.20. The molecule has 0 saturated carbocycles. The summed E-state index contributed by atoms with van der Waals surface area (Å²) in [6, 6.07) is 6.77. The Morgan fingerprint density at radius 1 is 1.33 bits per heavy atom. The Labute approximate surface area is 91.9 Å². The number of rotatable bonds is 2. The zero-order valence-corrected chi connectivity index (χ0v) is 8.52. The summed E-state index contributed by atoms with van der Waals surface area (Å²) in [5.74, 6) is -0.423. The van der Waals surface area contributed by atoms with Crippen molar-refractivity contribution in [3.05, 3.63) is 47.0 Å². The van der Waals surface area contributed by atoms with Crippen molar-refractivity contribution in [1.29, 1.82) is 0 Å². The van der Waals surface area contributed by atoms with Crippen LogP contribution in [0.2, 0.25) is 5.02 Å². The third-order valence-corrected chi connectivity index (χ3v) is 2.45.